The fraction of sp³-hybridized carbons (Fsp3) is 0.222. The lowest BCUT2D eigenvalue weighted by Crippen LogP contribution is -2.25. The van der Waals surface area contributed by atoms with E-state index in [9.17, 15) is 4.79 Å². The van der Waals surface area contributed by atoms with Crippen molar-refractivity contribution in [1.29, 1.82) is 0 Å². The van der Waals surface area contributed by atoms with Crippen molar-refractivity contribution in [1.82, 2.24) is 15.3 Å². The molecule has 23 heavy (non-hydrogen) atoms. The maximum atomic E-state index is 12.0. The molecule has 5 heteroatoms. The summed E-state index contributed by atoms with van der Waals surface area (Å²) in [6.07, 6.45) is 5.92. The number of aromatic amines is 1. The van der Waals surface area contributed by atoms with Crippen molar-refractivity contribution in [2.75, 3.05) is 13.2 Å². The number of hydrogen-bond acceptors (Lipinski definition) is 3. The quantitative estimate of drug-likeness (QED) is 0.735. The van der Waals surface area contributed by atoms with Gasteiger partial charge in [-0.05, 0) is 43.2 Å². The molecule has 2 heterocycles. The molecule has 0 aliphatic heterocycles. The largest absolute Gasteiger partial charge is 0.493 e. The zero-order chi connectivity index (χ0) is 16.1. The summed E-state index contributed by atoms with van der Waals surface area (Å²) in [5.74, 6) is 0.766. The van der Waals surface area contributed by atoms with Gasteiger partial charge in [0, 0.05) is 36.0 Å². The first-order valence-electron chi connectivity index (χ1n) is 7.69. The van der Waals surface area contributed by atoms with Crippen LogP contribution in [0.5, 0.6) is 5.75 Å². The second-order valence-corrected chi connectivity index (χ2v) is 5.17. The molecule has 0 aliphatic carbocycles. The van der Waals surface area contributed by atoms with E-state index in [1.807, 2.05) is 31.3 Å². The number of amides is 1. The molecule has 3 aromatic rings. The summed E-state index contributed by atoms with van der Waals surface area (Å²) < 4.78 is 5.70. The van der Waals surface area contributed by atoms with E-state index in [-0.39, 0.29) is 5.91 Å². The molecule has 0 saturated heterocycles. The Morgan fingerprint density at radius 1 is 1.30 bits per heavy atom. The summed E-state index contributed by atoms with van der Waals surface area (Å²) in [5.41, 5.74) is 2.75. The van der Waals surface area contributed by atoms with Crippen molar-refractivity contribution in [2.45, 2.75) is 13.3 Å². The van der Waals surface area contributed by atoms with Crippen LogP contribution in [0.25, 0.3) is 10.9 Å². The Morgan fingerprint density at radius 2 is 2.22 bits per heavy atom. The van der Waals surface area contributed by atoms with Gasteiger partial charge in [0.2, 0.25) is 0 Å². The summed E-state index contributed by atoms with van der Waals surface area (Å²) in [4.78, 5) is 19.2. The number of pyridine rings is 1. The van der Waals surface area contributed by atoms with Gasteiger partial charge in [0.05, 0.1) is 12.2 Å². The molecule has 3 rings (SSSR count). The van der Waals surface area contributed by atoms with Gasteiger partial charge in [-0.2, -0.15) is 0 Å². The van der Waals surface area contributed by atoms with Gasteiger partial charge in [0.25, 0.3) is 5.91 Å². The van der Waals surface area contributed by atoms with Crippen LogP contribution in [0.2, 0.25) is 0 Å². The van der Waals surface area contributed by atoms with Gasteiger partial charge in [0.15, 0.2) is 0 Å². The number of aromatic nitrogens is 2. The Bertz CT molecular complexity index is 796. The van der Waals surface area contributed by atoms with Crippen LogP contribution in [0.1, 0.15) is 22.8 Å². The van der Waals surface area contributed by atoms with Gasteiger partial charge in [-0.3, -0.25) is 9.78 Å². The molecule has 118 valence electrons. The predicted molar refractivity (Wildman–Crippen MR) is 89.7 cm³/mol. The molecule has 1 amide bonds. The third-order valence-corrected chi connectivity index (χ3v) is 3.65. The zero-order valence-corrected chi connectivity index (χ0v) is 13.0. The SMILES string of the molecule is CCOc1cccc2[nH]cc(CCNC(=O)c3cccnc3)c12. The normalized spacial score (nSPS) is 10.7. The lowest BCUT2D eigenvalue weighted by atomic mass is 10.1. The molecule has 2 N–H and O–H groups in total. The first-order chi connectivity index (χ1) is 11.3. The number of benzene rings is 1. The van der Waals surface area contributed by atoms with Crippen LogP contribution >= 0.6 is 0 Å². The van der Waals surface area contributed by atoms with E-state index < -0.39 is 0 Å². The molecule has 0 spiro atoms. The summed E-state index contributed by atoms with van der Waals surface area (Å²) in [7, 11) is 0. The van der Waals surface area contributed by atoms with E-state index in [1.54, 1.807) is 24.5 Å². The van der Waals surface area contributed by atoms with Crippen LogP contribution in [0.3, 0.4) is 0 Å². The highest BCUT2D eigenvalue weighted by Gasteiger charge is 2.10. The van der Waals surface area contributed by atoms with Crippen LogP contribution in [0.15, 0.2) is 48.9 Å². The highest BCUT2D eigenvalue weighted by atomic mass is 16.5. The molecule has 2 aromatic heterocycles. The van der Waals surface area contributed by atoms with Gasteiger partial charge in [-0.25, -0.2) is 0 Å². The number of carbonyl (C=O) groups is 1. The number of fused-ring (bicyclic) bond motifs is 1. The van der Waals surface area contributed by atoms with Crippen molar-refractivity contribution < 1.29 is 9.53 Å². The standard InChI is InChI=1S/C18H19N3O2/c1-2-23-16-7-3-6-15-17(16)13(12-21-15)8-10-20-18(22)14-5-4-9-19-11-14/h3-7,9,11-12,21H,2,8,10H2,1H3,(H,20,22). The summed E-state index contributed by atoms with van der Waals surface area (Å²) >= 11 is 0. The first-order valence-corrected chi connectivity index (χ1v) is 7.69. The van der Waals surface area contributed by atoms with Crippen molar-refractivity contribution in [3.8, 4) is 5.75 Å². The minimum Gasteiger partial charge on any atom is -0.493 e. The minimum atomic E-state index is -0.108. The Kier molecular flexibility index (Phi) is 4.57. The number of H-pyrrole nitrogens is 1. The van der Waals surface area contributed by atoms with Gasteiger partial charge < -0.3 is 15.0 Å². The second kappa shape index (κ2) is 6.96. The molecule has 0 saturated carbocycles. The zero-order valence-electron chi connectivity index (χ0n) is 13.0. The lowest BCUT2D eigenvalue weighted by Gasteiger charge is -2.08. The lowest BCUT2D eigenvalue weighted by molar-refractivity contribution is 0.0954. The van der Waals surface area contributed by atoms with E-state index in [0.29, 0.717) is 18.7 Å². The fourth-order valence-electron chi connectivity index (χ4n) is 2.60. The van der Waals surface area contributed by atoms with E-state index >= 15 is 0 Å². The number of hydrogen-bond donors (Lipinski definition) is 2. The van der Waals surface area contributed by atoms with E-state index in [0.717, 1.165) is 28.6 Å². The molecular weight excluding hydrogens is 290 g/mol. The molecule has 0 bridgehead atoms. The summed E-state index contributed by atoms with van der Waals surface area (Å²) in [6, 6.07) is 9.47. The number of carbonyl (C=O) groups excluding carboxylic acids is 1. The highest BCUT2D eigenvalue weighted by molar-refractivity contribution is 5.94. The van der Waals surface area contributed by atoms with Gasteiger partial charge in [-0.15, -0.1) is 0 Å². The number of ether oxygens (including phenoxy) is 1. The van der Waals surface area contributed by atoms with E-state index in [2.05, 4.69) is 15.3 Å². The van der Waals surface area contributed by atoms with Crippen LogP contribution < -0.4 is 10.1 Å². The molecule has 0 radical (unpaired) electrons. The Morgan fingerprint density at radius 3 is 3.00 bits per heavy atom. The fourth-order valence-corrected chi connectivity index (χ4v) is 2.60. The maximum Gasteiger partial charge on any atom is 0.252 e. The monoisotopic (exact) mass is 309 g/mol. The van der Waals surface area contributed by atoms with Crippen molar-refractivity contribution in [3.05, 3.63) is 60.0 Å². The molecular formula is C18H19N3O2. The first kappa shape index (κ1) is 15.1. The Hall–Kier alpha value is -2.82. The van der Waals surface area contributed by atoms with Gasteiger partial charge >= 0.3 is 0 Å². The van der Waals surface area contributed by atoms with Crippen LogP contribution in [0, 0.1) is 0 Å². The highest BCUT2D eigenvalue weighted by Crippen LogP contribution is 2.28. The third kappa shape index (κ3) is 3.34. The van der Waals surface area contributed by atoms with Crippen LogP contribution in [0.4, 0.5) is 0 Å². The number of nitrogens with zero attached hydrogens (tertiary/aromatic N) is 1. The molecule has 1 aromatic carbocycles. The third-order valence-electron chi connectivity index (χ3n) is 3.65. The van der Waals surface area contributed by atoms with Gasteiger partial charge in [0.1, 0.15) is 5.75 Å². The average molecular weight is 309 g/mol. The predicted octanol–water partition coefficient (Wildman–Crippen LogP) is 2.93. The van der Waals surface area contributed by atoms with Crippen LogP contribution in [-0.2, 0) is 6.42 Å². The van der Waals surface area contributed by atoms with E-state index in [1.165, 1.54) is 0 Å². The Labute approximate surface area is 134 Å². The molecule has 0 fully saturated rings. The topological polar surface area (TPSA) is 67.0 Å². The number of rotatable bonds is 6. The molecule has 5 nitrogen and oxygen atoms in total. The van der Waals surface area contributed by atoms with Crippen molar-refractivity contribution in [2.24, 2.45) is 0 Å². The minimum absolute atomic E-state index is 0.108. The summed E-state index contributed by atoms with van der Waals surface area (Å²) in [5, 5.41) is 4.01. The van der Waals surface area contributed by atoms with Crippen molar-refractivity contribution in [3.63, 3.8) is 0 Å². The molecule has 0 aliphatic rings. The smallest absolute Gasteiger partial charge is 0.252 e. The summed E-state index contributed by atoms with van der Waals surface area (Å²) in [6.45, 7) is 3.15. The number of nitrogens with one attached hydrogen (secondary N) is 2. The second-order valence-electron chi connectivity index (χ2n) is 5.17. The Balaban J connectivity index is 1.69. The maximum absolute atomic E-state index is 12.0. The van der Waals surface area contributed by atoms with Gasteiger partial charge in [-0.1, -0.05) is 6.07 Å². The average Bonchev–Trinajstić information content (AvgIpc) is 3.00. The molecule has 0 unspecified atom stereocenters. The van der Waals surface area contributed by atoms with Crippen molar-refractivity contribution >= 4 is 16.8 Å². The van der Waals surface area contributed by atoms with Crippen LogP contribution in [-0.4, -0.2) is 29.0 Å². The molecule has 0 atom stereocenters. The van der Waals surface area contributed by atoms with E-state index in [4.69, 9.17) is 4.74 Å².